The Morgan fingerprint density at radius 2 is 2.33 bits per heavy atom. The van der Waals surface area contributed by atoms with E-state index in [2.05, 4.69) is 5.32 Å². The second kappa shape index (κ2) is 2.69. The standard InChI is InChI=1S/C4H8NO/c1-3-4(6)5-2/h3H,1-2H3,(H,5,6). The minimum absolute atomic E-state index is 0.0324. The quantitative estimate of drug-likeness (QED) is 0.476. The maximum Gasteiger partial charge on any atom is 0.223 e. The number of hydrogen-bond acceptors (Lipinski definition) is 1. The molecule has 1 N–H and O–H groups in total. The Morgan fingerprint density at radius 1 is 1.83 bits per heavy atom. The lowest BCUT2D eigenvalue weighted by Gasteiger charge is -1.86. The molecule has 0 heterocycles. The molecule has 0 bridgehead atoms. The van der Waals surface area contributed by atoms with E-state index in [1.807, 2.05) is 0 Å². The number of hydrogen-bond donors (Lipinski definition) is 1. The summed E-state index contributed by atoms with van der Waals surface area (Å²) in [5.74, 6) is -0.0324. The normalized spacial score (nSPS) is 7.67. The maximum atomic E-state index is 10.0. The highest BCUT2D eigenvalue weighted by Gasteiger charge is 1.85. The summed E-state index contributed by atoms with van der Waals surface area (Å²) in [7, 11) is 1.60. The van der Waals surface area contributed by atoms with E-state index in [0.717, 1.165) is 0 Å². The van der Waals surface area contributed by atoms with Gasteiger partial charge in [0.1, 0.15) is 0 Å². The zero-order valence-electron chi connectivity index (χ0n) is 3.99. The Kier molecular flexibility index (Phi) is 2.46. The molecule has 6 heavy (non-hydrogen) atoms. The van der Waals surface area contributed by atoms with Crippen LogP contribution in [-0.2, 0) is 4.79 Å². The third-order valence-electron chi connectivity index (χ3n) is 0.509. The SMILES string of the molecule is C[CH]C(=O)NC. The molecule has 0 rings (SSSR count). The topological polar surface area (TPSA) is 29.1 Å². The molecule has 1 amide bonds. The molecule has 0 aromatic heterocycles. The predicted molar refractivity (Wildman–Crippen MR) is 24.0 cm³/mol. The molecule has 0 aliphatic carbocycles. The van der Waals surface area contributed by atoms with Crippen molar-refractivity contribution in [3.05, 3.63) is 6.42 Å². The summed E-state index contributed by atoms with van der Waals surface area (Å²) in [6.45, 7) is 1.69. The second-order valence-electron chi connectivity index (χ2n) is 0.903. The van der Waals surface area contributed by atoms with E-state index < -0.39 is 0 Å². The van der Waals surface area contributed by atoms with Gasteiger partial charge < -0.3 is 5.32 Å². The lowest BCUT2D eigenvalue weighted by molar-refractivity contribution is -0.117. The van der Waals surface area contributed by atoms with Gasteiger partial charge in [0.05, 0.1) is 0 Å². The van der Waals surface area contributed by atoms with Crippen LogP contribution in [-0.4, -0.2) is 13.0 Å². The molecule has 0 saturated heterocycles. The van der Waals surface area contributed by atoms with E-state index in [0.29, 0.717) is 0 Å². The van der Waals surface area contributed by atoms with Crippen LogP contribution in [0.25, 0.3) is 0 Å². The summed E-state index contributed by atoms with van der Waals surface area (Å²) < 4.78 is 0. The van der Waals surface area contributed by atoms with Crippen molar-refractivity contribution >= 4 is 5.91 Å². The Hall–Kier alpha value is -0.530. The summed E-state index contributed by atoms with van der Waals surface area (Å²) in [4.78, 5) is 10.0. The fraction of sp³-hybridized carbons (Fsp3) is 0.500. The van der Waals surface area contributed by atoms with Gasteiger partial charge >= 0.3 is 0 Å². The number of nitrogens with one attached hydrogen (secondary N) is 1. The molecule has 0 aliphatic rings. The van der Waals surface area contributed by atoms with Crippen LogP contribution < -0.4 is 5.32 Å². The summed E-state index contributed by atoms with van der Waals surface area (Å²) in [5, 5.41) is 2.42. The van der Waals surface area contributed by atoms with Crippen LogP contribution in [0.5, 0.6) is 0 Å². The van der Waals surface area contributed by atoms with Crippen LogP contribution in [0.1, 0.15) is 6.92 Å². The number of carbonyl (C=O) groups is 1. The molecule has 0 unspecified atom stereocenters. The van der Waals surface area contributed by atoms with Crippen LogP contribution in [0, 0.1) is 6.42 Å². The van der Waals surface area contributed by atoms with Crippen LogP contribution >= 0.6 is 0 Å². The molecular formula is C4H8NO. The molecule has 0 aromatic rings. The van der Waals surface area contributed by atoms with Gasteiger partial charge in [-0.25, -0.2) is 0 Å². The third-order valence-corrected chi connectivity index (χ3v) is 0.509. The zero-order valence-corrected chi connectivity index (χ0v) is 3.99. The lowest BCUT2D eigenvalue weighted by atomic mass is 10.5. The van der Waals surface area contributed by atoms with E-state index in [1.54, 1.807) is 14.0 Å². The number of carbonyl (C=O) groups excluding carboxylic acids is 1. The van der Waals surface area contributed by atoms with Gasteiger partial charge in [-0.05, 0) is 0 Å². The number of amides is 1. The van der Waals surface area contributed by atoms with Gasteiger partial charge in [0.2, 0.25) is 5.91 Å². The van der Waals surface area contributed by atoms with E-state index in [1.165, 1.54) is 6.42 Å². The minimum Gasteiger partial charge on any atom is -0.359 e. The summed E-state index contributed by atoms with van der Waals surface area (Å²) in [5.41, 5.74) is 0. The van der Waals surface area contributed by atoms with Crippen molar-refractivity contribution in [1.82, 2.24) is 5.32 Å². The van der Waals surface area contributed by atoms with Gasteiger partial charge in [-0.15, -0.1) is 0 Å². The predicted octanol–water partition coefficient (Wildman–Crippen LogP) is -0.0434. The highest BCUT2D eigenvalue weighted by molar-refractivity contribution is 5.83. The van der Waals surface area contributed by atoms with Crippen molar-refractivity contribution in [2.45, 2.75) is 6.92 Å². The van der Waals surface area contributed by atoms with Crippen LogP contribution in [0.4, 0.5) is 0 Å². The molecule has 2 nitrogen and oxygen atoms in total. The Labute approximate surface area is 37.5 Å². The van der Waals surface area contributed by atoms with Gasteiger partial charge in [0, 0.05) is 13.5 Å². The molecule has 0 atom stereocenters. The highest BCUT2D eigenvalue weighted by atomic mass is 16.1. The van der Waals surface area contributed by atoms with Gasteiger partial charge in [0.25, 0.3) is 0 Å². The van der Waals surface area contributed by atoms with Gasteiger partial charge in [-0.3, -0.25) is 4.79 Å². The molecule has 1 radical (unpaired) electrons. The molecule has 0 spiro atoms. The van der Waals surface area contributed by atoms with Crippen molar-refractivity contribution in [3.63, 3.8) is 0 Å². The first-order valence-corrected chi connectivity index (χ1v) is 1.82. The minimum atomic E-state index is -0.0324. The van der Waals surface area contributed by atoms with Crippen molar-refractivity contribution < 1.29 is 4.79 Å². The fourth-order valence-electron chi connectivity index (χ4n) is 0.144. The van der Waals surface area contributed by atoms with Crippen LogP contribution in [0.15, 0.2) is 0 Å². The lowest BCUT2D eigenvalue weighted by Crippen LogP contribution is -2.15. The van der Waals surface area contributed by atoms with Crippen molar-refractivity contribution in [2.24, 2.45) is 0 Å². The molecule has 35 valence electrons. The van der Waals surface area contributed by atoms with Crippen LogP contribution in [0.3, 0.4) is 0 Å². The van der Waals surface area contributed by atoms with Gasteiger partial charge in [-0.2, -0.15) is 0 Å². The first-order valence-electron chi connectivity index (χ1n) is 1.82. The molecule has 0 fully saturated rings. The summed E-state index contributed by atoms with van der Waals surface area (Å²) >= 11 is 0. The van der Waals surface area contributed by atoms with Crippen molar-refractivity contribution in [1.29, 1.82) is 0 Å². The van der Waals surface area contributed by atoms with Crippen LogP contribution in [0.2, 0.25) is 0 Å². The molecule has 0 aromatic carbocycles. The zero-order chi connectivity index (χ0) is 4.99. The molecular weight excluding hydrogens is 78.0 g/mol. The first kappa shape index (κ1) is 5.47. The Balaban J connectivity index is 2.99. The largest absolute Gasteiger partial charge is 0.359 e. The smallest absolute Gasteiger partial charge is 0.223 e. The molecule has 0 aliphatic heterocycles. The third kappa shape index (κ3) is 1.76. The van der Waals surface area contributed by atoms with Gasteiger partial charge in [0.15, 0.2) is 0 Å². The monoisotopic (exact) mass is 86.1 g/mol. The van der Waals surface area contributed by atoms with E-state index in [9.17, 15) is 4.79 Å². The van der Waals surface area contributed by atoms with Crippen molar-refractivity contribution in [3.8, 4) is 0 Å². The van der Waals surface area contributed by atoms with Gasteiger partial charge in [-0.1, -0.05) is 6.92 Å². The average Bonchev–Trinajstić information content (AvgIpc) is 1.65. The Morgan fingerprint density at radius 3 is 2.33 bits per heavy atom. The second-order valence-corrected chi connectivity index (χ2v) is 0.903. The average molecular weight is 86.1 g/mol. The fourth-order valence-corrected chi connectivity index (χ4v) is 0.144. The van der Waals surface area contributed by atoms with E-state index in [-0.39, 0.29) is 5.91 Å². The Bertz CT molecular complexity index is 45.5. The highest BCUT2D eigenvalue weighted by Crippen LogP contribution is 1.65. The molecule has 2 heteroatoms. The summed E-state index contributed by atoms with van der Waals surface area (Å²) in [6.07, 6.45) is 1.47. The van der Waals surface area contributed by atoms with Crippen molar-refractivity contribution in [2.75, 3.05) is 7.05 Å². The summed E-state index contributed by atoms with van der Waals surface area (Å²) in [6, 6.07) is 0. The number of rotatable bonds is 1. The first-order chi connectivity index (χ1) is 2.81. The maximum absolute atomic E-state index is 10.0. The molecule has 0 saturated carbocycles. The van der Waals surface area contributed by atoms with E-state index in [4.69, 9.17) is 0 Å². The van der Waals surface area contributed by atoms with E-state index >= 15 is 0 Å².